The Kier molecular flexibility index (Phi) is 7.47. The van der Waals surface area contributed by atoms with Crippen LogP contribution in [0.15, 0.2) is 52.0 Å². The van der Waals surface area contributed by atoms with Gasteiger partial charge >= 0.3 is 0 Å². The summed E-state index contributed by atoms with van der Waals surface area (Å²) < 4.78 is 16.9. The van der Waals surface area contributed by atoms with Crippen molar-refractivity contribution in [1.82, 2.24) is 5.43 Å². The average molecular weight is 421 g/mol. The van der Waals surface area contributed by atoms with E-state index < -0.39 is 0 Å². The molecule has 0 aliphatic rings. The summed E-state index contributed by atoms with van der Waals surface area (Å²) in [5.74, 6) is 1.52. The third-order valence-electron chi connectivity index (χ3n) is 3.55. The van der Waals surface area contributed by atoms with Crippen molar-refractivity contribution in [3.8, 4) is 17.2 Å². The minimum atomic E-state index is -0.334. The normalized spacial score (nSPS) is 11.0. The zero-order chi connectivity index (χ0) is 18.9. The van der Waals surface area contributed by atoms with Crippen molar-refractivity contribution in [2.45, 2.75) is 13.3 Å². The number of hydrazone groups is 1. The molecule has 2 aromatic carbocycles. The molecular formula is C19H21BrN2O4. The van der Waals surface area contributed by atoms with Crippen LogP contribution in [0.4, 0.5) is 0 Å². The molecule has 7 heteroatoms. The van der Waals surface area contributed by atoms with Crippen molar-refractivity contribution in [3.05, 3.63) is 52.5 Å². The summed E-state index contributed by atoms with van der Waals surface area (Å²) in [4.78, 5) is 12.0. The topological polar surface area (TPSA) is 69.2 Å². The molecule has 6 nitrogen and oxygen atoms in total. The molecular weight excluding hydrogens is 400 g/mol. The summed E-state index contributed by atoms with van der Waals surface area (Å²) in [6.45, 7) is 1.84. The summed E-state index contributed by atoms with van der Waals surface area (Å²) in [7, 11) is 3.16. The Bertz CT molecular complexity index is 776. The third-order valence-corrected chi connectivity index (χ3v) is 4.08. The Morgan fingerprint density at radius 3 is 2.38 bits per heavy atom. The fraction of sp³-hybridized carbons (Fsp3) is 0.263. The zero-order valence-electron chi connectivity index (χ0n) is 14.9. The van der Waals surface area contributed by atoms with Gasteiger partial charge in [-0.25, -0.2) is 5.43 Å². The molecule has 0 atom stereocenters. The van der Waals surface area contributed by atoms with E-state index in [1.807, 2.05) is 31.2 Å². The lowest BCUT2D eigenvalue weighted by Gasteiger charge is -2.11. The Labute approximate surface area is 161 Å². The van der Waals surface area contributed by atoms with Gasteiger partial charge in [0.15, 0.2) is 18.1 Å². The number of rotatable bonds is 8. The van der Waals surface area contributed by atoms with Crippen LogP contribution in [0.3, 0.4) is 0 Å². The van der Waals surface area contributed by atoms with E-state index in [0.29, 0.717) is 23.7 Å². The number of methoxy groups -OCH3 is 2. The van der Waals surface area contributed by atoms with Gasteiger partial charge in [-0.05, 0) is 48.9 Å². The molecule has 2 aromatic rings. The molecule has 0 heterocycles. The van der Waals surface area contributed by atoms with E-state index in [4.69, 9.17) is 14.2 Å². The summed E-state index contributed by atoms with van der Waals surface area (Å²) in [5, 5.41) is 4.20. The molecule has 1 amide bonds. The van der Waals surface area contributed by atoms with Crippen molar-refractivity contribution in [3.63, 3.8) is 0 Å². The lowest BCUT2D eigenvalue weighted by Crippen LogP contribution is -2.26. The molecule has 0 radical (unpaired) electrons. The largest absolute Gasteiger partial charge is 0.493 e. The summed E-state index contributed by atoms with van der Waals surface area (Å²) in [6, 6.07) is 12.7. The number of carbonyl (C=O) groups excluding carboxylic acids is 1. The number of benzene rings is 2. The van der Waals surface area contributed by atoms with E-state index in [-0.39, 0.29) is 12.5 Å². The molecule has 0 bridgehead atoms. The average Bonchev–Trinajstić information content (AvgIpc) is 2.67. The van der Waals surface area contributed by atoms with Crippen LogP contribution in [0.25, 0.3) is 0 Å². The van der Waals surface area contributed by atoms with Gasteiger partial charge in [0, 0.05) is 10.0 Å². The second-order valence-electron chi connectivity index (χ2n) is 5.26. The fourth-order valence-electron chi connectivity index (χ4n) is 2.21. The van der Waals surface area contributed by atoms with Gasteiger partial charge in [0.1, 0.15) is 5.75 Å². The number of hydrogen-bond acceptors (Lipinski definition) is 5. The first-order valence-corrected chi connectivity index (χ1v) is 8.82. The highest BCUT2D eigenvalue weighted by Crippen LogP contribution is 2.28. The van der Waals surface area contributed by atoms with Gasteiger partial charge in [-0.2, -0.15) is 5.10 Å². The maximum Gasteiger partial charge on any atom is 0.277 e. The van der Waals surface area contributed by atoms with Crippen LogP contribution in [0, 0.1) is 0 Å². The standard InChI is InChI=1S/C19H21BrN2O4/c1-4-16(13-5-10-17(24-2)18(11-13)25-3)21-22-19(23)12-26-15-8-6-14(20)7-9-15/h5-11H,4,12H2,1-3H3,(H,22,23). The Hall–Kier alpha value is -2.54. The number of carbonyl (C=O) groups is 1. The van der Waals surface area contributed by atoms with E-state index in [2.05, 4.69) is 26.5 Å². The predicted molar refractivity (Wildman–Crippen MR) is 104 cm³/mol. The van der Waals surface area contributed by atoms with E-state index in [1.54, 1.807) is 32.4 Å². The van der Waals surface area contributed by atoms with Crippen LogP contribution < -0.4 is 19.6 Å². The van der Waals surface area contributed by atoms with Crippen molar-refractivity contribution in [2.75, 3.05) is 20.8 Å². The van der Waals surface area contributed by atoms with Crippen molar-refractivity contribution < 1.29 is 19.0 Å². The Balaban J connectivity index is 1.99. The molecule has 0 fully saturated rings. The van der Waals surface area contributed by atoms with Gasteiger partial charge in [0.2, 0.25) is 0 Å². The molecule has 138 valence electrons. The van der Waals surface area contributed by atoms with Crippen LogP contribution in [0.2, 0.25) is 0 Å². The summed E-state index contributed by atoms with van der Waals surface area (Å²) >= 11 is 3.35. The van der Waals surface area contributed by atoms with Gasteiger partial charge in [-0.3, -0.25) is 4.79 Å². The molecule has 26 heavy (non-hydrogen) atoms. The molecule has 2 rings (SSSR count). The van der Waals surface area contributed by atoms with Gasteiger partial charge in [-0.1, -0.05) is 22.9 Å². The van der Waals surface area contributed by atoms with Crippen LogP contribution in [0.5, 0.6) is 17.2 Å². The number of ether oxygens (including phenoxy) is 3. The summed E-state index contributed by atoms with van der Waals surface area (Å²) in [6.07, 6.45) is 0.642. The molecule has 1 N–H and O–H groups in total. The monoisotopic (exact) mass is 420 g/mol. The number of hydrogen-bond donors (Lipinski definition) is 1. The van der Waals surface area contributed by atoms with E-state index >= 15 is 0 Å². The molecule has 0 aliphatic heterocycles. The zero-order valence-corrected chi connectivity index (χ0v) is 16.5. The minimum absolute atomic E-state index is 0.117. The molecule has 0 spiro atoms. The van der Waals surface area contributed by atoms with E-state index in [0.717, 1.165) is 15.7 Å². The van der Waals surface area contributed by atoms with Crippen LogP contribution in [0.1, 0.15) is 18.9 Å². The quantitative estimate of drug-likeness (QED) is 0.521. The lowest BCUT2D eigenvalue weighted by atomic mass is 10.1. The van der Waals surface area contributed by atoms with Crippen LogP contribution in [-0.4, -0.2) is 32.4 Å². The first-order valence-electron chi connectivity index (χ1n) is 8.03. The maximum atomic E-state index is 12.0. The molecule has 0 saturated heterocycles. The predicted octanol–water partition coefficient (Wildman–Crippen LogP) is 3.78. The maximum absolute atomic E-state index is 12.0. The molecule has 0 unspecified atom stereocenters. The smallest absolute Gasteiger partial charge is 0.277 e. The van der Waals surface area contributed by atoms with Gasteiger partial charge in [0.25, 0.3) is 5.91 Å². The lowest BCUT2D eigenvalue weighted by molar-refractivity contribution is -0.123. The SMILES string of the molecule is CCC(=NNC(=O)COc1ccc(Br)cc1)c1ccc(OC)c(OC)c1. The highest BCUT2D eigenvalue weighted by molar-refractivity contribution is 9.10. The summed E-state index contributed by atoms with van der Waals surface area (Å²) in [5.41, 5.74) is 4.09. The highest BCUT2D eigenvalue weighted by atomic mass is 79.9. The van der Waals surface area contributed by atoms with E-state index in [9.17, 15) is 4.79 Å². The Morgan fingerprint density at radius 1 is 1.08 bits per heavy atom. The first kappa shape index (κ1) is 19.8. The number of halogens is 1. The second kappa shape index (κ2) is 9.82. The van der Waals surface area contributed by atoms with Crippen LogP contribution in [-0.2, 0) is 4.79 Å². The van der Waals surface area contributed by atoms with Crippen molar-refractivity contribution in [1.29, 1.82) is 0 Å². The van der Waals surface area contributed by atoms with E-state index in [1.165, 1.54) is 0 Å². The van der Waals surface area contributed by atoms with Gasteiger partial charge in [0.05, 0.1) is 19.9 Å². The molecule has 0 aliphatic carbocycles. The van der Waals surface area contributed by atoms with Crippen molar-refractivity contribution >= 4 is 27.5 Å². The number of amides is 1. The highest BCUT2D eigenvalue weighted by Gasteiger charge is 2.09. The van der Waals surface area contributed by atoms with Crippen molar-refractivity contribution in [2.24, 2.45) is 5.10 Å². The Morgan fingerprint density at radius 2 is 1.77 bits per heavy atom. The third kappa shape index (κ3) is 5.49. The minimum Gasteiger partial charge on any atom is -0.493 e. The first-order chi connectivity index (χ1) is 12.6. The fourth-order valence-corrected chi connectivity index (χ4v) is 2.47. The van der Waals surface area contributed by atoms with Crippen LogP contribution >= 0.6 is 15.9 Å². The van der Waals surface area contributed by atoms with Gasteiger partial charge < -0.3 is 14.2 Å². The van der Waals surface area contributed by atoms with Gasteiger partial charge in [-0.15, -0.1) is 0 Å². The molecule has 0 aromatic heterocycles. The molecule has 0 saturated carbocycles. The second-order valence-corrected chi connectivity index (χ2v) is 6.18. The number of nitrogens with one attached hydrogen (secondary N) is 1. The number of nitrogens with zero attached hydrogens (tertiary/aromatic N) is 1.